The number of guanidine groups is 1. The van der Waals surface area contributed by atoms with Crippen molar-refractivity contribution >= 4 is 5.96 Å². The van der Waals surface area contributed by atoms with E-state index in [1.807, 2.05) is 12.5 Å². The number of hydrogen-bond acceptors (Lipinski definition) is 4. The first-order valence-corrected chi connectivity index (χ1v) is 9.02. The molecule has 1 aliphatic heterocycles. The zero-order chi connectivity index (χ0) is 16.9. The van der Waals surface area contributed by atoms with E-state index in [1.54, 1.807) is 6.20 Å². The molecule has 24 heavy (non-hydrogen) atoms. The Bertz CT molecular complexity index is 444. The zero-order valence-corrected chi connectivity index (χ0v) is 14.7. The smallest absolute Gasteiger partial charge is 0.191 e. The van der Waals surface area contributed by atoms with Crippen LogP contribution in [-0.4, -0.2) is 61.6 Å². The van der Waals surface area contributed by atoms with E-state index in [4.69, 9.17) is 9.47 Å². The van der Waals surface area contributed by atoms with E-state index in [2.05, 4.69) is 32.1 Å². The Labute approximate surface area is 144 Å². The maximum atomic E-state index is 5.71. The fraction of sp³-hybridized carbons (Fsp3) is 0.765. The van der Waals surface area contributed by atoms with Crippen LogP contribution in [0.4, 0.5) is 0 Å². The highest BCUT2D eigenvalue weighted by Crippen LogP contribution is 2.12. The van der Waals surface area contributed by atoms with Gasteiger partial charge < -0.3 is 24.7 Å². The predicted molar refractivity (Wildman–Crippen MR) is 95.2 cm³/mol. The zero-order valence-electron chi connectivity index (χ0n) is 14.7. The lowest BCUT2D eigenvalue weighted by Gasteiger charge is -2.12. The molecule has 1 fully saturated rings. The van der Waals surface area contributed by atoms with Gasteiger partial charge in [0.25, 0.3) is 0 Å². The highest BCUT2D eigenvalue weighted by Gasteiger charge is 2.15. The topological polar surface area (TPSA) is 72.7 Å². The van der Waals surface area contributed by atoms with Crippen LogP contribution < -0.4 is 10.6 Å². The van der Waals surface area contributed by atoms with Crippen molar-refractivity contribution in [2.45, 2.75) is 32.7 Å². The van der Waals surface area contributed by atoms with Gasteiger partial charge in [-0.3, -0.25) is 4.99 Å². The number of aliphatic imine (C=N–C) groups is 1. The molecule has 2 N–H and O–H groups in total. The third-order valence-corrected chi connectivity index (χ3v) is 3.88. The van der Waals surface area contributed by atoms with Crippen LogP contribution in [0.25, 0.3) is 0 Å². The Morgan fingerprint density at radius 2 is 2.38 bits per heavy atom. The number of nitrogens with zero attached hydrogens (tertiary/aromatic N) is 3. The number of rotatable bonds is 11. The van der Waals surface area contributed by atoms with Gasteiger partial charge in [-0.1, -0.05) is 0 Å². The maximum absolute atomic E-state index is 5.71. The third kappa shape index (κ3) is 7.79. The van der Waals surface area contributed by atoms with Crippen LogP contribution in [0, 0.1) is 5.92 Å². The molecule has 0 radical (unpaired) electrons. The molecule has 136 valence electrons. The first-order valence-electron chi connectivity index (χ1n) is 9.02. The second-order valence-corrected chi connectivity index (χ2v) is 6.00. The third-order valence-electron chi connectivity index (χ3n) is 3.88. The second kappa shape index (κ2) is 11.9. The van der Waals surface area contributed by atoms with Crippen LogP contribution in [0.3, 0.4) is 0 Å². The molecule has 7 nitrogen and oxygen atoms in total. The van der Waals surface area contributed by atoms with Gasteiger partial charge in [0, 0.05) is 57.7 Å². The largest absolute Gasteiger partial charge is 0.381 e. The summed E-state index contributed by atoms with van der Waals surface area (Å²) in [7, 11) is 0. The van der Waals surface area contributed by atoms with Crippen molar-refractivity contribution in [3.63, 3.8) is 0 Å². The maximum Gasteiger partial charge on any atom is 0.191 e. The molecule has 1 unspecified atom stereocenters. The molecule has 1 aliphatic rings. The number of aromatic nitrogens is 2. The van der Waals surface area contributed by atoms with E-state index in [0.717, 1.165) is 77.8 Å². The van der Waals surface area contributed by atoms with Gasteiger partial charge in [-0.15, -0.1) is 0 Å². The van der Waals surface area contributed by atoms with E-state index in [9.17, 15) is 0 Å². The van der Waals surface area contributed by atoms with Crippen molar-refractivity contribution in [2.75, 3.05) is 46.1 Å². The van der Waals surface area contributed by atoms with Gasteiger partial charge in [-0.2, -0.15) is 0 Å². The number of hydrogen-bond donors (Lipinski definition) is 2. The molecule has 1 saturated heterocycles. The molecule has 2 rings (SSSR count). The van der Waals surface area contributed by atoms with E-state index < -0.39 is 0 Å². The summed E-state index contributed by atoms with van der Waals surface area (Å²) in [5.41, 5.74) is 0. The summed E-state index contributed by atoms with van der Waals surface area (Å²) >= 11 is 0. The SMILES string of the molecule is CCNC(=NCCCn1ccnc1)NCCCOCC1CCOC1. The van der Waals surface area contributed by atoms with Gasteiger partial charge in [0.05, 0.1) is 19.5 Å². The van der Waals surface area contributed by atoms with Crippen molar-refractivity contribution in [2.24, 2.45) is 10.9 Å². The van der Waals surface area contributed by atoms with Crippen LogP contribution >= 0.6 is 0 Å². The van der Waals surface area contributed by atoms with Gasteiger partial charge in [0.15, 0.2) is 5.96 Å². The van der Waals surface area contributed by atoms with Crippen molar-refractivity contribution < 1.29 is 9.47 Å². The van der Waals surface area contributed by atoms with Crippen molar-refractivity contribution in [1.82, 2.24) is 20.2 Å². The minimum atomic E-state index is 0.590. The molecule has 0 aliphatic carbocycles. The van der Waals surface area contributed by atoms with Crippen molar-refractivity contribution in [3.8, 4) is 0 Å². The average molecular weight is 337 g/mol. The molecule has 7 heteroatoms. The summed E-state index contributed by atoms with van der Waals surface area (Å²) in [6.07, 6.45) is 8.73. The highest BCUT2D eigenvalue weighted by molar-refractivity contribution is 5.79. The Kier molecular flexibility index (Phi) is 9.26. The number of nitrogens with one attached hydrogen (secondary N) is 2. The predicted octanol–water partition coefficient (Wildman–Crippen LogP) is 1.27. The van der Waals surface area contributed by atoms with Crippen LogP contribution in [-0.2, 0) is 16.0 Å². The van der Waals surface area contributed by atoms with Crippen LogP contribution in [0.1, 0.15) is 26.2 Å². The first kappa shape index (κ1) is 18.7. The Morgan fingerprint density at radius 3 is 3.12 bits per heavy atom. The van der Waals surface area contributed by atoms with Gasteiger partial charge in [-0.25, -0.2) is 4.98 Å². The lowest BCUT2D eigenvalue weighted by atomic mass is 10.1. The summed E-state index contributed by atoms with van der Waals surface area (Å²) in [6.45, 7) is 8.91. The molecule has 0 spiro atoms. The number of aryl methyl sites for hydroxylation is 1. The van der Waals surface area contributed by atoms with Gasteiger partial charge in [0.1, 0.15) is 0 Å². The highest BCUT2D eigenvalue weighted by atomic mass is 16.5. The van der Waals surface area contributed by atoms with E-state index in [1.165, 1.54) is 0 Å². The molecule has 1 atom stereocenters. The normalized spacial score (nSPS) is 18.0. The van der Waals surface area contributed by atoms with Crippen LogP contribution in [0.15, 0.2) is 23.7 Å². The second-order valence-electron chi connectivity index (χ2n) is 6.00. The minimum absolute atomic E-state index is 0.590. The molecule has 2 heterocycles. The standard InChI is InChI=1S/C17H31N5O2/c1-2-19-17(20-6-3-9-22-10-8-18-15-22)21-7-4-11-23-13-16-5-12-24-14-16/h8,10,15-16H,2-7,9,11-14H2,1H3,(H2,19,20,21). The van der Waals surface area contributed by atoms with Crippen LogP contribution in [0.5, 0.6) is 0 Å². The lowest BCUT2D eigenvalue weighted by Crippen LogP contribution is -2.38. The monoisotopic (exact) mass is 337 g/mol. The Balaban J connectivity index is 1.51. The summed E-state index contributed by atoms with van der Waals surface area (Å²) in [6, 6.07) is 0. The van der Waals surface area contributed by atoms with E-state index >= 15 is 0 Å². The summed E-state index contributed by atoms with van der Waals surface area (Å²) in [5, 5.41) is 6.63. The quantitative estimate of drug-likeness (QED) is 0.361. The van der Waals surface area contributed by atoms with Gasteiger partial charge in [0.2, 0.25) is 0 Å². The molecule has 0 aromatic carbocycles. The van der Waals surface area contributed by atoms with E-state index in [0.29, 0.717) is 5.92 Å². The van der Waals surface area contributed by atoms with Crippen molar-refractivity contribution in [1.29, 1.82) is 0 Å². The van der Waals surface area contributed by atoms with E-state index in [-0.39, 0.29) is 0 Å². The molecule has 1 aromatic heterocycles. The summed E-state index contributed by atoms with van der Waals surface area (Å²) in [4.78, 5) is 8.64. The fourth-order valence-corrected chi connectivity index (χ4v) is 2.55. The molecule has 1 aromatic rings. The molecular formula is C17H31N5O2. The van der Waals surface area contributed by atoms with Crippen LogP contribution in [0.2, 0.25) is 0 Å². The van der Waals surface area contributed by atoms with Gasteiger partial charge >= 0.3 is 0 Å². The molecule has 0 bridgehead atoms. The van der Waals surface area contributed by atoms with Crippen molar-refractivity contribution in [3.05, 3.63) is 18.7 Å². The average Bonchev–Trinajstić information content (AvgIpc) is 3.28. The molecule has 0 saturated carbocycles. The number of imidazole rings is 1. The first-order chi connectivity index (χ1) is 11.9. The molecular weight excluding hydrogens is 306 g/mol. The number of ether oxygens (including phenoxy) is 2. The fourth-order valence-electron chi connectivity index (χ4n) is 2.55. The summed E-state index contributed by atoms with van der Waals surface area (Å²) < 4.78 is 13.1. The Hall–Kier alpha value is -1.60. The minimum Gasteiger partial charge on any atom is -0.381 e. The Morgan fingerprint density at radius 1 is 1.42 bits per heavy atom. The van der Waals surface area contributed by atoms with Gasteiger partial charge in [-0.05, 0) is 26.2 Å². The molecule has 0 amide bonds. The summed E-state index contributed by atoms with van der Waals surface area (Å²) in [5.74, 6) is 1.47. The lowest BCUT2D eigenvalue weighted by molar-refractivity contribution is 0.0888.